The van der Waals surface area contributed by atoms with Crippen LogP contribution in [0.25, 0.3) is 5.65 Å². The molecule has 0 bridgehead atoms. The lowest BCUT2D eigenvalue weighted by Crippen LogP contribution is -2.24. The Balaban J connectivity index is 1.82. The third kappa shape index (κ3) is 3.99. The Morgan fingerprint density at radius 3 is 2.62 bits per heavy atom. The van der Waals surface area contributed by atoms with Crippen LogP contribution in [0, 0.1) is 0 Å². The molecule has 2 heterocycles. The van der Waals surface area contributed by atoms with Crippen molar-refractivity contribution in [1.82, 2.24) is 19.6 Å². The average molecular weight is 353 g/mol. The number of hydrogen-bond acceptors (Lipinski definition) is 6. The van der Waals surface area contributed by atoms with Gasteiger partial charge in [-0.3, -0.25) is 4.79 Å². The quantitative estimate of drug-likeness (QED) is 0.656. The molecule has 0 unspecified atom stereocenters. The molecule has 0 spiro atoms. The van der Waals surface area contributed by atoms with E-state index in [2.05, 4.69) is 15.1 Å². The predicted octanol–water partition coefficient (Wildman–Crippen LogP) is 3.17. The molecule has 26 heavy (non-hydrogen) atoms. The van der Waals surface area contributed by atoms with E-state index in [0.29, 0.717) is 18.0 Å². The standard InChI is InChI=1S/C19H23N5O2/c1-19(2,3)26-16(25)11-10-14-12-22-24-17(14)20-13-21-18(24)23(4)15-8-6-5-7-9-15/h5-9,12-13H,10-11H2,1-4H3. The molecule has 0 atom stereocenters. The Bertz CT molecular complexity index is 899. The molecular weight excluding hydrogens is 330 g/mol. The number of ether oxygens (including phenoxy) is 1. The average Bonchev–Trinajstić information content (AvgIpc) is 3.02. The van der Waals surface area contributed by atoms with Crippen molar-refractivity contribution in [2.45, 2.75) is 39.2 Å². The number of aryl methyl sites for hydroxylation is 1. The number of benzene rings is 1. The molecule has 3 aromatic rings. The number of aromatic nitrogens is 4. The monoisotopic (exact) mass is 353 g/mol. The molecule has 136 valence electrons. The molecule has 2 aromatic heterocycles. The smallest absolute Gasteiger partial charge is 0.306 e. The fourth-order valence-electron chi connectivity index (χ4n) is 2.65. The summed E-state index contributed by atoms with van der Waals surface area (Å²) < 4.78 is 7.05. The van der Waals surface area contributed by atoms with Crippen LogP contribution in [-0.2, 0) is 16.0 Å². The van der Waals surface area contributed by atoms with Gasteiger partial charge in [-0.2, -0.15) is 9.61 Å². The van der Waals surface area contributed by atoms with Crippen molar-refractivity contribution in [1.29, 1.82) is 0 Å². The Morgan fingerprint density at radius 2 is 1.92 bits per heavy atom. The summed E-state index contributed by atoms with van der Waals surface area (Å²) in [7, 11) is 1.93. The van der Waals surface area contributed by atoms with Crippen molar-refractivity contribution < 1.29 is 9.53 Å². The molecule has 0 aliphatic heterocycles. The van der Waals surface area contributed by atoms with Crippen molar-refractivity contribution in [3.05, 3.63) is 48.4 Å². The maximum atomic E-state index is 12.0. The molecule has 1 aromatic carbocycles. The molecule has 0 amide bonds. The van der Waals surface area contributed by atoms with E-state index in [1.165, 1.54) is 6.33 Å². The Labute approximate surface area is 152 Å². The van der Waals surface area contributed by atoms with E-state index in [0.717, 1.165) is 11.3 Å². The predicted molar refractivity (Wildman–Crippen MR) is 99.5 cm³/mol. The molecule has 0 saturated heterocycles. The SMILES string of the molecule is CN(c1ccccc1)c1ncnc2c(CCC(=O)OC(C)(C)C)cnn12. The van der Waals surface area contributed by atoms with Gasteiger partial charge in [0, 0.05) is 24.7 Å². The third-order valence-electron chi connectivity index (χ3n) is 3.82. The second kappa shape index (κ2) is 7.11. The van der Waals surface area contributed by atoms with Gasteiger partial charge in [-0.25, -0.2) is 9.97 Å². The summed E-state index contributed by atoms with van der Waals surface area (Å²) in [6, 6.07) is 9.91. The van der Waals surface area contributed by atoms with Crippen LogP contribution in [0.4, 0.5) is 11.6 Å². The van der Waals surface area contributed by atoms with Crippen LogP contribution < -0.4 is 4.90 Å². The summed E-state index contributed by atoms with van der Waals surface area (Å²) in [6.07, 6.45) is 4.05. The first-order valence-corrected chi connectivity index (χ1v) is 8.53. The molecule has 0 N–H and O–H groups in total. The summed E-state index contributed by atoms with van der Waals surface area (Å²) in [5.41, 5.74) is 2.10. The van der Waals surface area contributed by atoms with Gasteiger partial charge in [0.05, 0.1) is 6.20 Å². The minimum atomic E-state index is -0.480. The summed E-state index contributed by atoms with van der Waals surface area (Å²) in [4.78, 5) is 22.6. The molecule has 0 radical (unpaired) electrons. The van der Waals surface area contributed by atoms with Gasteiger partial charge in [-0.1, -0.05) is 18.2 Å². The minimum Gasteiger partial charge on any atom is -0.460 e. The van der Waals surface area contributed by atoms with Crippen LogP contribution in [0.3, 0.4) is 0 Å². The molecule has 0 aliphatic carbocycles. The van der Waals surface area contributed by atoms with E-state index >= 15 is 0 Å². The van der Waals surface area contributed by atoms with Crippen molar-refractivity contribution in [3.8, 4) is 0 Å². The van der Waals surface area contributed by atoms with Crippen LogP contribution >= 0.6 is 0 Å². The van der Waals surface area contributed by atoms with Crippen LogP contribution in [0.1, 0.15) is 32.8 Å². The van der Waals surface area contributed by atoms with Gasteiger partial charge in [-0.15, -0.1) is 0 Å². The Morgan fingerprint density at radius 1 is 1.19 bits per heavy atom. The lowest BCUT2D eigenvalue weighted by molar-refractivity contribution is -0.154. The molecule has 3 rings (SSSR count). The first-order chi connectivity index (χ1) is 12.3. The maximum absolute atomic E-state index is 12.0. The van der Waals surface area contributed by atoms with Gasteiger partial charge in [0.2, 0.25) is 5.95 Å². The molecule has 0 aliphatic rings. The van der Waals surface area contributed by atoms with Crippen molar-refractivity contribution in [2.75, 3.05) is 11.9 Å². The van der Waals surface area contributed by atoms with Crippen molar-refractivity contribution in [3.63, 3.8) is 0 Å². The number of hydrogen-bond donors (Lipinski definition) is 0. The maximum Gasteiger partial charge on any atom is 0.306 e. The van der Waals surface area contributed by atoms with E-state index in [-0.39, 0.29) is 12.4 Å². The highest BCUT2D eigenvalue weighted by atomic mass is 16.6. The first kappa shape index (κ1) is 17.8. The topological polar surface area (TPSA) is 72.6 Å². The Hall–Kier alpha value is -2.96. The van der Waals surface area contributed by atoms with E-state index in [1.807, 2.05) is 63.1 Å². The zero-order valence-corrected chi connectivity index (χ0v) is 15.5. The zero-order chi connectivity index (χ0) is 18.7. The van der Waals surface area contributed by atoms with E-state index in [4.69, 9.17) is 4.74 Å². The highest BCUT2D eigenvalue weighted by Gasteiger charge is 2.18. The van der Waals surface area contributed by atoms with Crippen molar-refractivity contribution >= 4 is 23.3 Å². The Kier molecular flexibility index (Phi) is 4.88. The minimum absolute atomic E-state index is 0.229. The highest BCUT2D eigenvalue weighted by Crippen LogP contribution is 2.22. The summed E-state index contributed by atoms with van der Waals surface area (Å²) >= 11 is 0. The number of fused-ring (bicyclic) bond motifs is 1. The number of anilines is 2. The number of nitrogens with zero attached hydrogens (tertiary/aromatic N) is 5. The number of esters is 1. The molecule has 0 fully saturated rings. The second-order valence-electron chi connectivity index (χ2n) is 7.06. The number of carbonyl (C=O) groups is 1. The zero-order valence-electron chi connectivity index (χ0n) is 15.5. The lowest BCUT2D eigenvalue weighted by Gasteiger charge is -2.19. The van der Waals surface area contributed by atoms with E-state index in [1.54, 1.807) is 10.7 Å². The molecule has 7 heteroatoms. The molecule has 0 saturated carbocycles. The summed E-state index contributed by atoms with van der Waals surface area (Å²) in [5, 5.41) is 4.42. The van der Waals surface area contributed by atoms with Crippen LogP contribution in [0.2, 0.25) is 0 Å². The van der Waals surface area contributed by atoms with E-state index in [9.17, 15) is 4.79 Å². The van der Waals surface area contributed by atoms with Crippen molar-refractivity contribution in [2.24, 2.45) is 0 Å². The molecular formula is C19H23N5O2. The van der Waals surface area contributed by atoms with E-state index < -0.39 is 5.60 Å². The van der Waals surface area contributed by atoms with Gasteiger partial charge in [-0.05, 0) is 39.3 Å². The second-order valence-corrected chi connectivity index (χ2v) is 7.06. The number of rotatable bonds is 5. The van der Waals surface area contributed by atoms with Crippen LogP contribution in [-0.4, -0.2) is 38.2 Å². The van der Waals surface area contributed by atoms with Gasteiger partial charge in [0.1, 0.15) is 11.9 Å². The van der Waals surface area contributed by atoms with Gasteiger partial charge >= 0.3 is 5.97 Å². The van der Waals surface area contributed by atoms with Gasteiger partial charge in [0.25, 0.3) is 0 Å². The lowest BCUT2D eigenvalue weighted by atomic mass is 10.1. The molecule has 7 nitrogen and oxygen atoms in total. The van der Waals surface area contributed by atoms with Gasteiger partial charge in [0.15, 0.2) is 5.65 Å². The highest BCUT2D eigenvalue weighted by molar-refractivity contribution is 5.70. The van der Waals surface area contributed by atoms with Crippen LogP contribution in [0.15, 0.2) is 42.9 Å². The number of para-hydroxylation sites is 1. The largest absolute Gasteiger partial charge is 0.460 e. The number of carbonyl (C=O) groups excluding carboxylic acids is 1. The normalized spacial score (nSPS) is 11.5. The first-order valence-electron chi connectivity index (χ1n) is 8.53. The van der Waals surface area contributed by atoms with Gasteiger partial charge < -0.3 is 9.64 Å². The van der Waals surface area contributed by atoms with Crippen LogP contribution in [0.5, 0.6) is 0 Å². The summed E-state index contributed by atoms with van der Waals surface area (Å²) in [6.45, 7) is 5.58. The fourth-order valence-corrected chi connectivity index (χ4v) is 2.65. The fraction of sp³-hybridized carbons (Fsp3) is 0.368. The third-order valence-corrected chi connectivity index (χ3v) is 3.82. The summed E-state index contributed by atoms with van der Waals surface area (Å²) in [5.74, 6) is 0.428.